The van der Waals surface area contributed by atoms with E-state index in [1.54, 1.807) is 0 Å². The van der Waals surface area contributed by atoms with Crippen molar-refractivity contribution in [3.63, 3.8) is 0 Å². The number of hydrogen-bond acceptors (Lipinski definition) is 3. The minimum atomic E-state index is -0.297. The van der Waals surface area contributed by atoms with Crippen LogP contribution in [-0.2, 0) is 6.42 Å². The van der Waals surface area contributed by atoms with Crippen molar-refractivity contribution in [2.24, 2.45) is 0 Å². The largest absolute Gasteiger partial charge is 0.357 e. The minimum absolute atomic E-state index is 0.297. The maximum absolute atomic E-state index is 13.9. The maximum atomic E-state index is 13.9. The van der Waals surface area contributed by atoms with Gasteiger partial charge in [0.25, 0.3) is 0 Å². The molecule has 0 spiro atoms. The second kappa shape index (κ2) is 6.13. The minimum Gasteiger partial charge on any atom is -0.357 e. The van der Waals surface area contributed by atoms with Gasteiger partial charge in [-0.25, -0.2) is 14.4 Å². The Hall–Kier alpha value is -0.710. The van der Waals surface area contributed by atoms with Crippen LogP contribution in [0.25, 0.3) is 0 Å². The molecule has 0 aliphatic heterocycles. The average molecular weight is 290 g/mol. The summed E-state index contributed by atoms with van der Waals surface area (Å²) in [5.74, 6) is 0.0923. The van der Waals surface area contributed by atoms with E-state index in [0.717, 1.165) is 13.0 Å². The standard InChI is InChI=1S/C11H17BrFN3/c1-4-9-10(13)11(15-7-14-9)16(3)6-5-8(2)12/h7-8H,4-6H2,1-3H3. The highest BCUT2D eigenvalue weighted by atomic mass is 79.9. The number of alkyl halides is 1. The summed E-state index contributed by atoms with van der Waals surface area (Å²) in [7, 11) is 1.85. The van der Waals surface area contributed by atoms with Crippen molar-refractivity contribution < 1.29 is 4.39 Å². The molecule has 1 heterocycles. The molecule has 5 heteroatoms. The summed E-state index contributed by atoms with van der Waals surface area (Å²) in [5.41, 5.74) is 0.476. The Kier molecular flexibility index (Phi) is 5.12. The maximum Gasteiger partial charge on any atom is 0.187 e. The van der Waals surface area contributed by atoms with Crippen LogP contribution in [0, 0.1) is 5.82 Å². The molecule has 1 aromatic rings. The number of aryl methyl sites for hydroxylation is 1. The smallest absolute Gasteiger partial charge is 0.187 e. The zero-order valence-corrected chi connectivity index (χ0v) is 11.5. The van der Waals surface area contributed by atoms with Crippen LogP contribution in [0.2, 0.25) is 0 Å². The van der Waals surface area contributed by atoms with Gasteiger partial charge >= 0.3 is 0 Å². The Morgan fingerprint density at radius 2 is 2.19 bits per heavy atom. The highest BCUT2D eigenvalue weighted by Crippen LogP contribution is 2.17. The average Bonchev–Trinajstić information content (AvgIpc) is 2.26. The van der Waals surface area contributed by atoms with Gasteiger partial charge in [0, 0.05) is 18.4 Å². The molecule has 0 fully saturated rings. The SMILES string of the molecule is CCc1ncnc(N(C)CCC(C)Br)c1F. The van der Waals surface area contributed by atoms with E-state index in [4.69, 9.17) is 0 Å². The van der Waals surface area contributed by atoms with Crippen molar-refractivity contribution >= 4 is 21.7 Å². The molecule has 1 atom stereocenters. The summed E-state index contributed by atoms with van der Waals surface area (Å²) in [6.07, 6.45) is 2.96. The number of hydrogen-bond donors (Lipinski definition) is 0. The topological polar surface area (TPSA) is 29.0 Å². The van der Waals surface area contributed by atoms with Crippen molar-refractivity contribution in [1.82, 2.24) is 9.97 Å². The van der Waals surface area contributed by atoms with E-state index in [1.807, 2.05) is 18.9 Å². The third-order valence-corrected chi connectivity index (χ3v) is 2.86. The molecule has 0 aliphatic rings. The predicted octanol–water partition coefficient (Wildman–Crippen LogP) is 2.79. The zero-order chi connectivity index (χ0) is 12.1. The van der Waals surface area contributed by atoms with Crippen LogP contribution < -0.4 is 4.90 Å². The van der Waals surface area contributed by atoms with Gasteiger partial charge in [-0.3, -0.25) is 0 Å². The van der Waals surface area contributed by atoms with Gasteiger partial charge in [-0.1, -0.05) is 29.8 Å². The number of nitrogens with zero attached hydrogens (tertiary/aromatic N) is 3. The molecule has 0 aromatic carbocycles. The molecule has 1 rings (SSSR count). The molecule has 1 unspecified atom stereocenters. The molecule has 0 amide bonds. The number of halogens is 2. The molecule has 0 N–H and O–H groups in total. The van der Waals surface area contributed by atoms with Crippen molar-refractivity contribution in [3.8, 4) is 0 Å². The molecule has 90 valence electrons. The molecule has 0 radical (unpaired) electrons. The Balaban J connectivity index is 2.78. The summed E-state index contributed by atoms with van der Waals surface area (Å²) in [4.78, 5) is 10.2. The van der Waals surface area contributed by atoms with Gasteiger partial charge < -0.3 is 4.90 Å². The zero-order valence-electron chi connectivity index (χ0n) is 9.87. The van der Waals surface area contributed by atoms with Crippen LogP contribution in [0.4, 0.5) is 10.2 Å². The molecule has 0 aliphatic carbocycles. The molecular formula is C11H17BrFN3. The fourth-order valence-corrected chi connectivity index (χ4v) is 1.59. The van der Waals surface area contributed by atoms with E-state index >= 15 is 0 Å². The monoisotopic (exact) mass is 289 g/mol. The van der Waals surface area contributed by atoms with Crippen LogP contribution >= 0.6 is 15.9 Å². The van der Waals surface area contributed by atoms with E-state index in [1.165, 1.54) is 6.33 Å². The lowest BCUT2D eigenvalue weighted by atomic mass is 10.2. The quantitative estimate of drug-likeness (QED) is 0.781. The lowest BCUT2D eigenvalue weighted by Crippen LogP contribution is -2.23. The van der Waals surface area contributed by atoms with E-state index in [9.17, 15) is 4.39 Å². The first-order chi connectivity index (χ1) is 7.56. The number of rotatable bonds is 5. The first-order valence-electron chi connectivity index (χ1n) is 5.40. The first-order valence-corrected chi connectivity index (χ1v) is 6.32. The van der Waals surface area contributed by atoms with E-state index in [0.29, 0.717) is 22.8 Å². The summed E-state index contributed by atoms with van der Waals surface area (Å²) >= 11 is 3.47. The van der Waals surface area contributed by atoms with Crippen LogP contribution in [0.1, 0.15) is 26.0 Å². The van der Waals surface area contributed by atoms with Crippen molar-refractivity contribution in [2.45, 2.75) is 31.5 Å². The molecule has 0 bridgehead atoms. The highest BCUT2D eigenvalue weighted by molar-refractivity contribution is 9.09. The van der Waals surface area contributed by atoms with Crippen LogP contribution in [0.5, 0.6) is 0 Å². The van der Waals surface area contributed by atoms with Gasteiger partial charge in [0.1, 0.15) is 6.33 Å². The summed E-state index contributed by atoms with van der Waals surface area (Å²) < 4.78 is 13.9. The highest BCUT2D eigenvalue weighted by Gasteiger charge is 2.13. The molecule has 16 heavy (non-hydrogen) atoms. The van der Waals surface area contributed by atoms with Crippen molar-refractivity contribution in [1.29, 1.82) is 0 Å². The van der Waals surface area contributed by atoms with Crippen LogP contribution in [0.3, 0.4) is 0 Å². The fourth-order valence-electron chi connectivity index (χ4n) is 1.39. The Morgan fingerprint density at radius 3 is 2.75 bits per heavy atom. The number of aromatic nitrogens is 2. The lowest BCUT2D eigenvalue weighted by Gasteiger charge is -2.19. The third kappa shape index (κ3) is 3.40. The molecule has 0 saturated heterocycles. The van der Waals surface area contributed by atoms with Crippen molar-refractivity contribution in [2.75, 3.05) is 18.5 Å². The Bertz CT molecular complexity index is 344. The lowest BCUT2D eigenvalue weighted by molar-refractivity contribution is 0.586. The second-order valence-corrected chi connectivity index (χ2v) is 5.37. The third-order valence-electron chi connectivity index (χ3n) is 2.40. The van der Waals surface area contributed by atoms with Gasteiger partial charge in [0.2, 0.25) is 0 Å². The Morgan fingerprint density at radius 1 is 1.50 bits per heavy atom. The van der Waals surface area contributed by atoms with E-state index < -0.39 is 0 Å². The Labute approximate surface area is 104 Å². The van der Waals surface area contributed by atoms with Gasteiger partial charge in [0.05, 0.1) is 5.69 Å². The van der Waals surface area contributed by atoms with Gasteiger partial charge in [0.15, 0.2) is 11.6 Å². The normalized spacial score (nSPS) is 12.6. The van der Waals surface area contributed by atoms with E-state index in [-0.39, 0.29) is 5.82 Å². The van der Waals surface area contributed by atoms with Crippen LogP contribution in [0.15, 0.2) is 6.33 Å². The predicted molar refractivity (Wildman–Crippen MR) is 67.6 cm³/mol. The summed E-state index contributed by atoms with van der Waals surface area (Å²) in [6, 6.07) is 0. The van der Waals surface area contributed by atoms with E-state index in [2.05, 4.69) is 32.8 Å². The second-order valence-electron chi connectivity index (χ2n) is 3.80. The summed E-state index contributed by atoms with van der Waals surface area (Å²) in [6.45, 7) is 4.72. The molecule has 0 saturated carbocycles. The van der Waals surface area contributed by atoms with Gasteiger partial charge in [-0.15, -0.1) is 0 Å². The summed E-state index contributed by atoms with van der Waals surface area (Å²) in [5, 5.41) is 0. The van der Waals surface area contributed by atoms with Crippen molar-refractivity contribution in [3.05, 3.63) is 17.8 Å². The van der Waals surface area contributed by atoms with Gasteiger partial charge in [-0.05, 0) is 12.8 Å². The molecule has 1 aromatic heterocycles. The molecule has 3 nitrogen and oxygen atoms in total. The van der Waals surface area contributed by atoms with Gasteiger partial charge in [-0.2, -0.15) is 0 Å². The molecular weight excluding hydrogens is 273 g/mol. The van der Waals surface area contributed by atoms with Crippen LogP contribution in [-0.4, -0.2) is 28.4 Å². The first kappa shape index (κ1) is 13.4. The number of anilines is 1. The fraction of sp³-hybridized carbons (Fsp3) is 0.636.